The number of amides is 2. The molecule has 1 aromatic carbocycles. The van der Waals surface area contributed by atoms with Crippen LogP contribution >= 0.6 is 11.8 Å². The van der Waals surface area contributed by atoms with Crippen molar-refractivity contribution in [1.82, 2.24) is 5.32 Å². The minimum absolute atomic E-state index is 0.259. The molecule has 1 unspecified atom stereocenters. The molecule has 4 nitrogen and oxygen atoms in total. The van der Waals surface area contributed by atoms with E-state index < -0.39 is 23.1 Å². The first-order valence-electron chi connectivity index (χ1n) is 6.77. The van der Waals surface area contributed by atoms with Crippen molar-refractivity contribution in [3.8, 4) is 0 Å². The normalized spacial score (nSPS) is 12.9. The van der Waals surface area contributed by atoms with Gasteiger partial charge in [0.25, 0.3) is 5.76 Å². The molecule has 2 amide bonds. The molecule has 22 heavy (non-hydrogen) atoms. The number of carbonyl (C=O) groups excluding carboxylic acids is 2. The monoisotopic (exact) mass is 330 g/mol. The van der Waals surface area contributed by atoms with E-state index in [-0.39, 0.29) is 10.8 Å². The maximum Gasteiger partial charge on any atom is 0.288 e. The van der Waals surface area contributed by atoms with E-state index in [0.717, 1.165) is 0 Å². The number of anilines is 1. The number of carbonyl (C=O) groups is 2. The summed E-state index contributed by atoms with van der Waals surface area (Å²) in [6, 6.07) is 5.54. The number of halogens is 2. The van der Waals surface area contributed by atoms with Crippen molar-refractivity contribution >= 4 is 29.3 Å². The summed E-state index contributed by atoms with van der Waals surface area (Å²) in [5.41, 5.74) is -0.313. The Balaban J connectivity index is 2.74. The molecular formula is C15H20F2N2O2S. The van der Waals surface area contributed by atoms with Crippen LogP contribution in [0.25, 0.3) is 0 Å². The first-order chi connectivity index (χ1) is 10.1. The molecule has 0 aromatic heterocycles. The van der Waals surface area contributed by atoms with Gasteiger partial charge in [-0.1, -0.05) is 44.7 Å². The van der Waals surface area contributed by atoms with Crippen LogP contribution in [0.5, 0.6) is 0 Å². The molecule has 7 heteroatoms. The summed E-state index contributed by atoms with van der Waals surface area (Å²) in [6.07, 6.45) is 0. The largest absolute Gasteiger partial charge is 0.344 e. The molecule has 0 saturated heterocycles. The minimum atomic E-state index is -2.57. The highest BCUT2D eigenvalue weighted by Crippen LogP contribution is 2.31. The van der Waals surface area contributed by atoms with Gasteiger partial charge >= 0.3 is 0 Å². The third-order valence-corrected chi connectivity index (χ3v) is 3.57. The summed E-state index contributed by atoms with van der Waals surface area (Å²) in [5, 5.41) is 5.16. The van der Waals surface area contributed by atoms with E-state index >= 15 is 0 Å². The average Bonchev–Trinajstić information content (AvgIpc) is 2.39. The van der Waals surface area contributed by atoms with Gasteiger partial charge < -0.3 is 10.6 Å². The van der Waals surface area contributed by atoms with Crippen LogP contribution in [0.2, 0.25) is 0 Å². The van der Waals surface area contributed by atoms with Gasteiger partial charge in [-0.3, -0.25) is 9.59 Å². The average molecular weight is 330 g/mol. The third kappa shape index (κ3) is 5.63. The van der Waals surface area contributed by atoms with Crippen molar-refractivity contribution in [3.05, 3.63) is 24.3 Å². The van der Waals surface area contributed by atoms with Crippen LogP contribution in [0.1, 0.15) is 27.7 Å². The van der Waals surface area contributed by atoms with Crippen molar-refractivity contribution in [3.63, 3.8) is 0 Å². The van der Waals surface area contributed by atoms with Gasteiger partial charge in [0.15, 0.2) is 0 Å². The first kappa shape index (κ1) is 18.4. The number of hydrogen-bond acceptors (Lipinski definition) is 3. The van der Waals surface area contributed by atoms with Crippen molar-refractivity contribution in [2.45, 2.75) is 44.4 Å². The molecule has 0 aliphatic carbocycles. The number of rotatable bonds is 5. The summed E-state index contributed by atoms with van der Waals surface area (Å²) >= 11 is 0.362. The molecular weight excluding hydrogens is 310 g/mol. The fraction of sp³-hybridized carbons (Fsp3) is 0.467. The predicted molar refractivity (Wildman–Crippen MR) is 84.0 cm³/mol. The van der Waals surface area contributed by atoms with E-state index in [1.165, 1.54) is 6.07 Å². The molecule has 1 atom stereocenters. The van der Waals surface area contributed by atoms with Gasteiger partial charge in [-0.15, -0.1) is 0 Å². The molecule has 0 bridgehead atoms. The number of para-hydroxylation sites is 1. The van der Waals surface area contributed by atoms with E-state index in [1.807, 2.05) is 0 Å². The number of thioether (sulfide) groups is 1. The maximum absolute atomic E-state index is 12.5. The Bertz CT molecular complexity index is 545. The van der Waals surface area contributed by atoms with Crippen LogP contribution < -0.4 is 10.6 Å². The number of nitrogens with one attached hydrogen (secondary N) is 2. The lowest BCUT2D eigenvalue weighted by molar-refractivity contribution is -0.131. The zero-order valence-corrected chi connectivity index (χ0v) is 13.8. The van der Waals surface area contributed by atoms with Gasteiger partial charge in [0.2, 0.25) is 11.8 Å². The summed E-state index contributed by atoms with van der Waals surface area (Å²) in [7, 11) is 0. The van der Waals surface area contributed by atoms with Gasteiger partial charge in [-0.25, -0.2) is 0 Å². The zero-order valence-electron chi connectivity index (χ0n) is 12.9. The molecule has 122 valence electrons. The van der Waals surface area contributed by atoms with E-state index in [9.17, 15) is 18.4 Å². The van der Waals surface area contributed by atoms with Crippen LogP contribution in [-0.4, -0.2) is 23.6 Å². The summed E-state index contributed by atoms with van der Waals surface area (Å²) in [6.45, 7) is 6.76. The molecule has 1 aromatic rings. The smallest absolute Gasteiger partial charge is 0.288 e. The van der Waals surface area contributed by atoms with Crippen LogP contribution in [0.3, 0.4) is 0 Å². The van der Waals surface area contributed by atoms with Crippen molar-refractivity contribution < 1.29 is 18.4 Å². The molecule has 0 aliphatic rings. The minimum Gasteiger partial charge on any atom is -0.344 e. The lowest BCUT2D eigenvalue weighted by atomic mass is 9.95. The van der Waals surface area contributed by atoms with Gasteiger partial charge in [0.1, 0.15) is 6.04 Å². The fourth-order valence-electron chi connectivity index (χ4n) is 1.49. The molecule has 0 heterocycles. The Kier molecular flexibility index (Phi) is 6.34. The second kappa shape index (κ2) is 7.58. The highest BCUT2D eigenvalue weighted by Gasteiger charge is 2.25. The van der Waals surface area contributed by atoms with Crippen LogP contribution in [0, 0.1) is 5.41 Å². The number of benzene rings is 1. The van der Waals surface area contributed by atoms with Crippen LogP contribution in [0.4, 0.5) is 14.5 Å². The predicted octanol–water partition coefficient (Wildman–Crippen LogP) is 3.49. The van der Waals surface area contributed by atoms with Gasteiger partial charge in [-0.2, -0.15) is 8.78 Å². The molecule has 0 saturated carbocycles. The Labute approximate surface area is 133 Å². The fourth-order valence-corrected chi connectivity index (χ4v) is 2.08. The topological polar surface area (TPSA) is 58.2 Å². The van der Waals surface area contributed by atoms with Crippen molar-refractivity contribution in [1.29, 1.82) is 0 Å². The Morgan fingerprint density at radius 1 is 1.18 bits per heavy atom. The van der Waals surface area contributed by atoms with Crippen molar-refractivity contribution in [2.75, 3.05) is 5.32 Å². The van der Waals surface area contributed by atoms with Gasteiger partial charge in [0, 0.05) is 10.3 Å². The summed E-state index contributed by atoms with van der Waals surface area (Å²) in [5.74, 6) is -3.29. The van der Waals surface area contributed by atoms with Crippen LogP contribution in [0.15, 0.2) is 29.2 Å². The second-order valence-electron chi connectivity index (χ2n) is 5.81. The quantitative estimate of drug-likeness (QED) is 0.813. The third-order valence-electron chi connectivity index (χ3n) is 2.78. The Morgan fingerprint density at radius 2 is 1.77 bits per heavy atom. The highest BCUT2D eigenvalue weighted by molar-refractivity contribution is 7.99. The molecule has 2 N–H and O–H groups in total. The van der Waals surface area contributed by atoms with Crippen molar-refractivity contribution in [2.24, 2.45) is 5.41 Å². The summed E-state index contributed by atoms with van der Waals surface area (Å²) < 4.78 is 25.0. The van der Waals surface area contributed by atoms with E-state index in [0.29, 0.717) is 17.4 Å². The van der Waals surface area contributed by atoms with E-state index in [4.69, 9.17) is 0 Å². The molecule has 0 aliphatic heterocycles. The second-order valence-corrected chi connectivity index (χ2v) is 6.84. The van der Waals surface area contributed by atoms with E-state index in [2.05, 4.69) is 10.6 Å². The number of hydrogen-bond donors (Lipinski definition) is 2. The Morgan fingerprint density at radius 3 is 2.32 bits per heavy atom. The molecule has 1 rings (SSSR count). The first-order valence-corrected chi connectivity index (χ1v) is 7.65. The standard InChI is InChI=1S/C15H20F2N2O2S/c1-9(18-13(21)15(2,3)4)12(20)19-10-7-5-6-8-11(10)22-14(16)17/h5-9,14H,1-4H3,(H,18,21)(H,19,20). The Hall–Kier alpha value is -1.63. The summed E-state index contributed by atoms with van der Waals surface area (Å²) in [4.78, 5) is 24.2. The molecule has 0 spiro atoms. The highest BCUT2D eigenvalue weighted by atomic mass is 32.2. The number of alkyl halides is 2. The zero-order chi connectivity index (χ0) is 16.9. The van der Waals surface area contributed by atoms with E-state index in [1.54, 1.807) is 45.9 Å². The molecule has 0 radical (unpaired) electrons. The van der Waals surface area contributed by atoms with Crippen LogP contribution in [-0.2, 0) is 9.59 Å². The van der Waals surface area contributed by atoms with Gasteiger partial charge in [-0.05, 0) is 19.1 Å². The SMILES string of the molecule is CC(NC(=O)C(C)(C)C)C(=O)Nc1ccccc1SC(F)F. The lowest BCUT2D eigenvalue weighted by Crippen LogP contribution is -2.46. The van der Waals surface area contributed by atoms with Gasteiger partial charge in [0.05, 0.1) is 5.69 Å². The maximum atomic E-state index is 12.5. The molecule has 0 fully saturated rings. The lowest BCUT2D eigenvalue weighted by Gasteiger charge is -2.21.